The van der Waals surface area contributed by atoms with Gasteiger partial charge in [0.2, 0.25) is 0 Å². The smallest absolute Gasteiger partial charge is 0.0482 e. The molecule has 2 heteroatoms. The monoisotopic (exact) mass is 258 g/mol. The second-order valence-corrected chi connectivity index (χ2v) is 6.40. The highest BCUT2D eigenvalue weighted by Gasteiger charge is 2.07. The fraction of sp³-hybridized carbons (Fsp3) is 0.529. The van der Waals surface area contributed by atoms with E-state index in [1.165, 1.54) is 29.3 Å². The van der Waals surface area contributed by atoms with Crippen LogP contribution in [-0.2, 0) is 6.54 Å². The Morgan fingerprint density at radius 1 is 1.11 bits per heavy atom. The number of hydrogen-bond acceptors (Lipinski definition) is 1. The molecule has 0 radical (unpaired) electrons. The van der Waals surface area contributed by atoms with Gasteiger partial charge in [0, 0.05) is 29.2 Å². The van der Waals surface area contributed by atoms with Gasteiger partial charge < -0.3 is 9.88 Å². The van der Waals surface area contributed by atoms with Crippen molar-refractivity contribution in [1.82, 2.24) is 9.88 Å². The summed E-state index contributed by atoms with van der Waals surface area (Å²) in [7, 11) is 0. The number of aromatic nitrogens is 1. The fourth-order valence-corrected chi connectivity index (χ4v) is 2.44. The summed E-state index contributed by atoms with van der Waals surface area (Å²) in [4.78, 5) is 0. The van der Waals surface area contributed by atoms with Gasteiger partial charge in [-0.15, -0.1) is 0 Å². The van der Waals surface area contributed by atoms with Crippen molar-refractivity contribution in [3.63, 3.8) is 0 Å². The zero-order valence-corrected chi connectivity index (χ0v) is 12.7. The summed E-state index contributed by atoms with van der Waals surface area (Å²) in [6, 6.07) is 8.78. The highest BCUT2D eigenvalue weighted by atomic mass is 15.0. The third-order valence-electron chi connectivity index (χ3n) is 3.51. The number of rotatable bonds is 5. The van der Waals surface area contributed by atoms with Crippen LogP contribution in [0.1, 0.15) is 39.2 Å². The Hall–Kier alpha value is -1.28. The first-order chi connectivity index (χ1) is 8.97. The first kappa shape index (κ1) is 14.1. The third-order valence-corrected chi connectivity index (χ3v) is 3.51. The van der Waals surface area contributed by atoms with Crippen LogP contribution in [0.15, 0.2) is 30.5 Å². The minimum Gasteiger partial charge on any atom is -0.347 e. The van der Waals surface area contributed by atoms with Crippen LogP contribution in [0.2, 0.25) is 0 Å². The predicted molar refractivity (Wildman–Crippen MR) is 83.7 cm³/mol. The number of aryl methyl sites for hydroxylation is 2. The average Bonchev–Trinajstić information content (AvgIpc) is 2.72. The van der Waals surface area contributed by atoms with Gasteiger partial charge in [-0.3, -0.25) is 0 Å². The lowest BCUT2D eigenvalue weighted by atomic mass is 10.1. The molecule has 1 aromatic heterocycles. The molecule has 0 spiro atoms. The van der Waals surface area contributed by atoms with E-state index in [0.29, 0.717) is 0 Å². The molecule has 0 amide bonds. The lowest BCUT2D eigenvalue weighted by molar-refractivity contribution is 0.415. The Bertz CT molecular complexity index is 532. The number of unbranched alkanes of at least 4 members (excludes halogenated alkanes) is 1. The predicted octanol–water partition coefficient (Wildman–Crippen LogP) is 4.12. The van der Waals surface area contributed by atoms with Gasteiger partial charge in [0.05, 0.1) is 0 Å². The molecule has 0 saturated heterocycles. The maximum atomic E-state index is 3.54. The maximum absolute atomic E-state index is 3.54. The number of fused-ring (bicyclic) bond motifs is 1. The summed E-state index contributed by atoms with van der Waals surface area (Å²) in [6.45, 7) is 11.0. The van der Waals surface area contributed by atoms with Crippen LogP contribution in [-0.4, -0.2) is 16.7 Å². The van der Waals surface area contributed by atoms with Crippen LogP contribution >= 0.6 is 0 Å². The average molecular weight is 258 g/mol. The second kappa shape index (κ2) is 5.79. The maximum Gasteiger partial charge on any atom is 0.0482 e. The summed E-state index contributed by atoms with van der Waals surface area (Å²) in [6.07, 6.45) is 4.67. The molecule has 0 unspecified atom stereocenters. The topological polar surface area (TPSA) is 17.0 Å². The first-order valence-corrected chi connectivity index (χ1v) is 7.27. The third kappa shape index (κ3) is 3.84. The molecule has 2 aromatic rings. The highest BCUT2D eigenvalue weighted by molar-refractivity contribution is 5.83. The van der Waals surface area contributed by atoms with E-state index in [-0.39, 0.29) is 5.54 Å². The molecule has 19 heavy (non-hydrogen) atoms. The van der Waals surface area contributed by atoms with E-state index in [4.69, 9.17) is 0 Å². The second-order valence-electron chi connectivity index (χ2n) is 6.40. The molecule has 1 heterocycles. The van der Waals surface area contributed by atoms with E-state index in [0.717, 1.165) is 13.1 Å². The van der Waals surface area contributed by atoms with Gasteiger partial charge in [-0.25, -0.2) is 0 Å². The van der Waals surface area contributed by atoms with Crippen molar-refractivity contribution in [2.24, 2.45) is 0 Å². The lowest BCUT2D eigenvalue weighted by Crippen LogP contribution is -2.36. The number of benzene rings is 1. The number of nitrogens with zero attached hydrogens (tertiary/aromatic N) is 1. The minimum atomic E-state index is 0.233. The molecule has 0 fully saturated rings. The normalized spacial score (nSPS) is 12.2. The summed E-state index contributed by atoms with van der Waals surface area (Å²) >= 11 is 0. The lowest BCUT2D eigenvalue weighted by Gasteiger charge is -2.20. The molecule has 0 aliphatic rings. The van der Waals surface area contributed by atoms with E-state index >= 15 is 0 Å². The van der Waals surface area contributed by atoms with Gasteiger partial charge in [-0.05, 0) is 64.8 Å². The zero-order valence-electron chi connectivity index (χ0n) is 12.7. The van der Waals surface area contributed by atoms with Crippen molar-refractivity contribution in [3.8, 4) is 0 Å². The quantitative estimate of drug-likeness (QED) is 0.798. The summed E-state index contributed by atoms with van der Waals surface area (Å²) in [5, 5.41) is 4.92. The van der Waals surface area contributed by atoms with E-state index in [1.807, 2.05) is 0 Å². The van der Waals surface area contributed by atoms with Crippen LogP contribution < -0.4 is 5.32 Å². The molecule has 1 aromatic carbocycles. The molecular formula is C17H26N2. The van der Waals surface area contributed by atoms with Gasteiger partial charge in [0.25, 0.3) is 0 Å². The molecule has 2 nitrogen and oxygen atoms in total. The Morgan fingerprint density at radius 2 is 1.89 bits per heavy atom. The molecule has 0 bridgehead atoms. The molecular weight excluding hydrogens is 232 g/mol. The van der Waals surface area contributed by atoms with Crippen molar-refractivity contribution in [3.05, 3.63) is 36.0 Å². The Balaban J connectivity index is 1.87. The Labute approximate surface area is 116 Å². The molecule has 1 N–H and O–H groups in total. The van der Waals surface area contributed by atoms with Crippen LogP contribution in [0.3, 0.4) is 0 Å². The summed E-state index contributed by atoms with van der Waals surface area (Å²) in [5.41, 5.74) is 2.96. The Morgan fingerprint density at radius 3 is 2.63 bits per heavy atom. The van der Waals surface area contributed by atoms with Crippen LogP contribution in [0, 0.1) is 6.92 Å². The van der Waals surface area contributed by atoms with Crippen LogP contribution in [0.5, 0.6) is 0 Å². The SMILES string of the molecule is Cc1cccc2c1ccn2CCCCNC(C)(C)C. The van der Waals surface area contributed by atoms with Crippen molar-refractivity contribution in [1.29, 1.82) is 0 Å². The molecule has 0 saturated carbocycles. The molecule has 0 aliphatic carbocycles. The van der Waals surface area contributed by atoms with Crippen molar-refractivity contribution >= 4 is 10.9 Å². The van der Waals surface area contributed by atoms with Crippen LogP contribution in [0.25, 0.3) is 10.9 Å². The molecule has 0 aliphatic heterocycles. The zero-order chi connectivity index (χ0) is 13.9. The molecule has 0 atom stereocenters. The van der Waals surface area contributed by atoms with Gasteiger partial charge in [0.15, 0.2) is 0 Å². The van der Waals surface area contributed by atoms with E-state index < -0.39 is 0 Å². The van der Waals surface area contributed by atoms with E-state index in [2.05, 4.69) is 68.0 Å². The largest absolute Gasteiger partial charge is 0.347 e. The molecule has 104 valence electrons. The van der Waals surface area contributed by atoms with E-state index in [1.54, 1.807) is 0 Å². The van der Waals surface area contributed by atoms with Gasteiger partial charge in [0.1, 0.15) is 0 Å². The van der Waals surface area contributed by atoms with Gasteiger partial charge in [-0.1, -0.05) is 12.1 Å². The Kier molecular flexibility index (Phi) is 4.31. The van der Waals surface area contributed by atoms with Crippen molar-refractivity contribution in [2.45, 2.75) is 52.6 Å². The highest BCUT2D eigenvalue weighted by Crippen LogP contribution is 2.19. The van der Waals surface area contributed by atoms with Crippen molar-refractivity contribution < 1.29 is 0 Å². The first-order valence-electron chi connectivity index (χ1n) is 7.27. The summed E-state index contributed by atoms with van der Waals surface area (Å²) in [5.74, 6) is 0. The fourth-order valence-electron chi connectivity index (χ4n) is 2.44. The number of hydrogen-bond donors (Lipinski definition) is 1. The standard InChI is InChI=1S/C17H26N2/c1-14-8-7-9-16-15(14)10-13-19(16)12-6-5-11-18-17(2,3)4/h7-10,13,18H,5-6,11-12H2,1-4H3. The molecule has 2 rings (SSSR count). The number of nitrogens with one attached hydrogen (secondary N) is 1. The van der Waals surface area contributed by atoms with Gasteiger partial charge in [-0.2, -0.15) is 0 Å². The van der Waals surface area contributed by atoms with Crippen molar-refractivity contribution in [2.75, 3.05) is 6.54 Å². The van der Waals surface area contributed by atoms with Crippen LogP contribution in [0.4, 0.5) is 0 Å². The minimum absolute atomic E-state index is 0.233. The summed E-state index contributed by atoms with van der Waals surface area (Å²) < 4.78 is 2.37. The van der Waals surface area contributed by atoms with E-state index in [9.17, 15) is 0 Å². The van der Waals surface area contributed by atoms with Gasteiger partial charge >= 0.3 is 0 Å².